The lowest BCUT2D eigenvalue weighted by Gasteiger charge is -1.99. The van der Waals surface area contributed by atoms with Crippen LogP contribution in [0.3, 0.4) is 0 Å². The molecule has 2 heteroatoms. The highest BCUT2D eigenvalue weighted by molar-refractivity contribution is 5.80. The van der Waals surface area contributed by atoms with Gasteiger partial charge in [-0.1, -0.05) is 6.92 Å². The number of ketones is 1. The van der Waals surface area contributed by atoms with Gasteiger partial charge in [-0.15, -0.1) is 11.8 Å². The van der Waals surface area contributed by atoms with Crippen molar-refractivity contribution >= 4 is 5.78 Å². The predicted molar refractivity (Wildman–Crippen MR) is 50.9 cm³/mol. The lowest BCUT2D eigenvalue weighted by Crippen LogP contribution is -2.23. The van der Waals surface area contributed by atoms with Crippen LogP contribution in [0.2, 0.25) is 0 Å². The Morgan fingerprint density at radius 3 is 2.83 bits per heavy atom. The van der Waals surface area contributed by atoms with Crippen LogP contribution in [0.25, 0.3) is 0 Å². The van der Waals surface area contributed by atoms with Gasteiger partial charge in [0, 0.05) is 12.8 Å². The molecule has 0 atom stereocenters. The van der Waals surface area contributed by atoms with Crippen LogP contribution in [0.15, 0.2) is 0 Å². The minimum atomic E-state index is 0.256. The molecular weight excluding hydrogens is 150 g/mol. The van der Waals surface area contributed by atoms with Gasteiger partial charge in [0.05, 0.1) is 6.54 Å². The van der Waals surface area contributed by atoms with Gasteiger partial charge in [-0.2, -0.15) is 0 Å². The van der Waals surface area contributed by atoms with Gasteiger partial charge in [0.1, 0.15) is 5.78 Å². The summed E-state index contributed by atoms with van der Waals surface area (Å²) in [5, 5.41) is 3.06. The number of carbonyl (C=O) groups excluding carboxylic acids is 1. The lowest BCUT2D eigenvalue weighted by molar-refractivity contribution is -0.118. The maximum atomic E-state index is 11.1. The molecule has 0 aliphatic rings. The summed E-state index contributed by atoms with van der Waals surface area (Å²) in [6.45, 7) is 5.30. The smallest absolute Gasteiger partial charge is 0.147 e. The second-order valence-corrected chi connectivity index (χ2v) is 2.64. The number of Topliss-reactive ketones (excluding diaryl/α,β-unsaturated/α-hetero) is 1. The molecule has 68 valence electrons. The molecule has 0 aromatic rings. The predicted octanol–water partition coefficient (Wildman–Crippen LogP) is 1.36. The molecule has 0 bridgehead atoms. The molecule has 0 aliphatic carbocycles. The Morgan fingerprint density at radius 1 is 1.50 bits per heavy atom. The third-order valence-electron chi connectivity index (χ3n) is 1.45. The number of hydrogen-bond donors (Lipinski definition) is 1. The molecule has 2 nitrogen and oxygen atoms in total. The normalized spacial score (nSPS) is 8.83. The zero-order chi connectivity index (χ0) is 9.23. The molecule has 1 N–H and O–H groups in total. The van der Waals surface area contributed by atoms with Gasteiger partial charge in [0.2, 0.25) is 0 Å². The van der Waals surface area contributed by atoms with E-state index >= 15 is 0 Å². The van der Waals surface area contributed by atoms with E-state index < -0.39 is 0 Å². The average Bonchev–Trinajstić information content (AvgIpc) is 2.06. The van der Waals surface area contributed by atoms with Crippen molar-refractivity contribution in [3.63, 3.8) is 0 Å². The first kappa shape index (κ1) is 11.2. The summed E-state index contributed by atoms with van der Waals surface area (Å²) in [6, 6.07) is 0. The Bertz CT molecular complexity index is 176. The average molecular weight is 167 g/mol. The summed E-state index contributed by atoms with van der Waals surface area (Å²) in [6.07, 6.45) is 2.35. The van der Waals surface area contributed by atoms with Crippen molar-refractivity contribution in [2.45, 2.75) is 33.1 Å². The van der Waals surface area contributed by atoms with E-state index in [0.717, 1.165) is 13.0 Å². The molecular formula is C10H17NO. The lowest BCUT2D eigenvalue weighted by atomic mass is 10.2. The van der Waals surface area contributed by atoms with Gasteiger partial charge in [-0.3, -0.25) is 4.79 Å². The van der Waals surface area contributed by atoms with Crippen molar-refractivity contribution in [3.05, 3.63) is 0 Å². The maximum absolute atomic E-state index is 11.1. The molecule has 0 spiro atoms. The van der Waals surface area contributed by atoms with Crippen molar-refractivity contribution in [2.75, 3.05) is 13.1 Å². The van der Waals surface area contributed by atoms with Gasteiger partial charge in [0.15, 0.2) is 0 Å². The van der Waals surface area contributed by atoms with Crippen molar-refractivity contribution in [1.29, 1.82) is 0 Å². The Morgan fingerprint density at radius 2 is 2.25 bits per heavy atom. The molecule has 0 amide bonds. The van der Waals surface area contributed by atoms with Gasteiger partial charge < -0.3 is 5.32 Å². The van der Waals surface area contributed by atoms with Crippen molar-refractivity contribution in [2.24, 2.45) is 0 Å². The fourth-order valence-electron chi connectivity index (χ4n) is 0.820. The fraction of sp³-hybridized carbons (Fsp3) is 0.700. The summed E-state index contributed by atoms with van der Waals surface area (Å²) >= 11 is 0. The highest BCUT2D eigenvalue weighted by atomic mass is 16.1. The molecule has 0 unspecified atom stereocenters. The number of nitrogens with one attached hydrogen (secondary N) is 1. The van der Waals surface area contributed by atoms with Crippen LogP contribution in [0.5, 0.6) is 0 Å². The van der Waals surface area contributed by atoms with E-state index in [-0.39, 0.29) is 5.78 Å². The summed E-state index contributed by atoms with van der Waals surface area (Å²) in [5.74, 6) is 5.89. The molecule has 0 aliphatic heterocycles. The molecule has 0 rings (SSSR count). The monoisotopic (exact) mass is 167 g/mol. The summed E-state index contributed by atoms with van der Waals surface area (Å²) < 4.78 is 0. The molecule has 0 aromatic heterocycles. The largest absolute Gasteiger partial charge is 0.310 e. The molecule has 0 heterocycles. The SMILES string of the molecule is CC#CCCC(=O)CNCCC. The van der Waals surface area contributed by atoms with Crippen LogP contribution >= 0.6 is 0 Å². The highest BCUT2D eigenvalue weighted by Crippen LogP contribution is 1.87. The van der Waals surface area contributed by atoms with E-state index in [1.54, 1.807) is 6.92 Å². The van der Waals surface area contributed by atoms with Crippen LogP contribution in [0, 0.1) is 11.8 Å². The molecule has 0 radical (unpaired) electrons. The first-order valence-corrected chi connectivity index (χ1v) is 4.43. The second-order valence-electron chi connectivity index (χ2n) is 2.64. The van der Waals surface area contributed by atoms with Crippen molar-refractivity contribution in [3.8, 4) is 11.8 Å². The Hall–Kier alpha value is -0.810. The van der Waals surface area contributed by atoms with E-state index in [2.05, 4.69) is 24.1 Å². The first-order valence-electron chi connectivity index (χ1n) is 4.43. The molecule has 0 aromatic carbocycles. The minimum Gasteiger partial charge on any atom is -0.310 e. The van der Waals surface area contributed by atoms with Crippen LogP contribution in [0.1, 0.15) is 33.1 Å². The van der Waals surface area contributed by atoms with Crippen molar-refractivity contribution < 1.29 is 4.79 Å². The van der Waals surface area contributed by atoms with Gasteiger partial charge >= 0.3 is 0 Å². The van der Waals surface area contributed by atoms with Crippen LogP contribution in [0.4, 0.5) is 0 Å². The summed E-state index contributed by atoms with van der Waals surface area (Å²) in [7, 11) is 0. The van der Waals surface area contributed by atoms with E-state index in [1.807, 2.05) is 0 Å². The maximum Gasteiger partial charge on any atom is 0.147 e. The van der Waals surface area contributed by atoms with E-state index in [1.165, 1.54) is 0 Å². The van der Waals surface area contributed by atoms with E-state index in [9.17, 15) is 4.79 Å². The number of carbonyl (C=O) groups is 1. The third-order valence-corrected chi connectivity index (χ3v) is 1.45. The van der Waals surface area contributed by atoms with Gasteiger partial charge in [-0.05, 0) is 19.9 Å². The molecule has 12 heavy (non-hydrogen) atoms. The first-order chi connectivity index (χ1) is 5.81. The Kier molecular flexibility index (Phi) is 7.73. The van der Waals surface area contributed by atoms with Gasteiger partial charge in [-0.25, -0.2) is 0 Å². The zero-order valence-electron chi connectivity index (χ0n) is 7.94. The molecule has 0 fully saturated rings. The molecule has 0 saturated heterocycles. The van der Waals surface area contributed by atoms with Crippen LogP contribution < -0.4 is 5.32 Å². The third kappa shape index (κ3) is 7.30. The number of hydrogen-bond acceptors (Lipinski definition) is 2. The van der Waals surface area contributed by atoms with Crippen molar-refractivity contribution in [1.82, 2.24) is 5.32 Å². The Labute approximate surface area is 74.7 Å². The zero-order valence-corrected chi connectivity index (χ0v) is 7.94. The summed E-state index contributed by atoms with van der Waals surface area (Å²) in [5.41, 5.74) is 0. The van der Waals surface area contributed by atoms with E-state index in [4.69, 9.17) is 0 Å². The summed E-state index contributed by atoms with van der Waals surface area (Å²) in [4.78, 5) is 11.1. The van der Waals surface area contributed by atoms with Crippen LogP contribution in [-0.4, -0.2) is 18.9 Å². The number of rotatable bonds is 6. The highest BCUT2D eigenvalue weighted by Gasteiger charge is 1.97. The Balaban J connectivity index is 3.25. The second kappa shape index (κ2) is 8.29. The fourth-order valence-corrected chi connectivity index (χ4v) is 0.820. The van der Waals surface area contributed by atoms with E-state index in [0.29, 0.717) is 19.4 Å². The minimum absolute atomic E-state index is 0.256. The standard InChI is InChI=1S/C10H17NO/c1-3-5-6-7-10(12)9-11-8-4-2/h11H,4,6-9H2,1-2H3. The van der Waals surface area contributed by atoms with Gasteiger partial charge in [0.25, 0.3) is 0 Å². The topological polar surface area (TPSA) is 29.1 Å². The van der Waals surface area contributed by atoms with Crippen LogP contribution in [-0.2, 0) is 4.79 Å². The quantitative estimate of drug-likeness (QED) is 0.478. The molecule has 0 saturated carbocycles.